The molecular formula is C15H22FN5O3. The molecule has 0 spiro atoms. The third-order valence-corrected chi connectivity index (χ3v) is 3.31. The van der Waals surface area contributed by atoms with E-state index in [0.717, 1.165) is 0 Å². The van der Waals surface area contributed by atoms with Gasteiger partial charge in [0, 0.05) is 13.0 Å². The zero-order valence-corrected chi connectivity index (χ0v) is 13.1. The molecule has 0 saturated carbocycles. The Bertz CT molecular complexity index is 579. The number of carboxylic acid groups (broad SMARTS) is 1. The van der Waals surface area contributed by atoms with Crippen LogP contribution in [0.3, 0.4) is 0 Å². The third kappa shape index (κ3) is 7.05. The van der Waals surface area contributed by atoms with Crippen LogP contribution in [0, 0.1) is 11.2 Å². The summed E-state index contributed by atoms with van der Waals surface area (Å²) in [5.41, 5.74) is 11.4. The lowest BCUT2D eigenvalue weighted by Gasteiger charge is -2.18. The molecule has 1 aromatic rings. The Kier molecular flexibility index (Phi) is 7.63. The second-order valence-corrected chi connectivity index (χ2v) is 5.32. The number of guanidine groups is 1. The molecule has 132 valence electrons. The number of amides is 1. The predicted molar refractivity (Wildman–Crippen MR) is 86.8 cm³/mol. The lowest BCUT2D eigenvalue weighted by atomic mass is 10.0. The number of carboxylic acids is 1. The standard InChI is InChI=1S/C15H22FN5O3/c16-10-5-3-9(4-6-10)8-12(14(23)24)21-13(22)11(17)2-1-7-20-15(18)19/h3-6,11-12H,1-2,7-8,17H2,(H,21,22)(H,23,24)(H4,18,19,20)/t11-,12?/m0/s1. The van der Waals surface area contributed by atoms with Crippen molar-refractivity contribution in [3.05, 3.63) is 35.6 Å². The summed E-state index contributed by atoms with van der Waals surface area (Å²) >= 11 is 0. The van der Waals surface area contributed by atoms with E-state index in [-0.39, 0.29) is 12.4 Å². The molecule has 1 unspecified atom stereocenters. The maximum Gasteiger partial charge on any atom is 0.326 e. The minimum atomic E-state index is -1.20. The summed E-state index contributed by atoms with van der Waals surface area (Å²) in [4.78, 5) is 23.3. The van der Waals surface area contributed by atoms with Crippen molar-refractivity contribution in [3.8, 4) is 0 Å². The van der Waals surface area contributed by atoms with E-state index in [1.165, 1.54) is 24.3 Å². The molecule has 0 bridgehead atoms. The summed E-state index contributed by atoms with van der Waals surface area (Å²) in [5, 5.41) is 21.2. The number of carbonyl (C=O) groups excluding carboxylic acids is 1. The molecule has 0 aromatic heterocycles. The first-order valence-electron chi connectivity index (χ1n) is 7.40. The number of benzene rings is 1. The maximum atomic E-state index is 12.9. The molecule has 0 fully saturated rings. The van der Waals surface area contributed by atoms with Gasteiger partial charge >= 0.3 is 5.97 Å². The van der Waals surface area contributed by atoms with Crippen LogP contribution in [0.4, 0.5) is 4.39 Å². The Morgan fingerprint density at radius 1 is 1.29 bits per heavy atom. The van der Waals surface area contributed by atoms with Gasteiger partial charge in [-0.25, -0.2) is 9.18 Å². The zero-order chi connectivity index (χ0) is 18.1. The van der Waals surface area contributed by atoms with Crippen LogP contribution in [0.25, 0.3) is 0 Å². The van der Waals surface area contributed by atoms with Crippen LogP contribution in [-0.4, -0.2) is 41.6 Å². The van der Waals surface area contributed by atoms with Crippen molar-refractivity contribution >= 4 is 17.8 Å². The minimum absolute atomic E-state index is 0.0277. The normalized spacial score (nSPS) is 12.9. The zero-order valence-electron chi connectivity index (χ0n) is 13.1. The average Bonchev–Trinajstić information content (AvgIpc) is 2.52. The third-order valence-electron chi connectivity index (χ3n) is 3.31. The first kappa shape index (κ1) is 19.4. The molecule has 0 radical (unpaired) electrons. The molecule has 0 aliphatic heterocycles. The van der Waals surface area contributed by atoms with Gasteiger partial charge in [0.1, 0.15) is 11.9 Å². The minimum Gasteiger partial charge on any atom is -0.480 e. The number of aliphatic carboxylic acids is 1. The molecule has 8 nitrogen and oxygen atoms in total. The fourth-order valence-corrected chi connectivity index (χ4v) is 2.01. The lowest BCUT2D eigenvalue weighted by molar-refractivity contribution is -0.142. The van der Waals surface area contributed by atoms with Gasteiger partial charge in [0.05, 0.1) is 6.04 Å². The molecule has 0 aliphatic rings. The van der Waals surface area contributed by atoms with Gasteiger partial charge in [-0.2, -0.15) is 0 Å². The van der Waals surface area contributed by atoms with Crippen LogP contribution in [0.1, 0.15) is 18.4 Å². The van der Waals surface area contributed by atoms with E-state index in [1.54, 1.807) is 0 Å². The van der Waals surface area contributed by atoms with E-state index in [1.807, 2.05) is 0 Å². The van der Waals surface area contributed by atoms with Crippen LogP contribution in [0.15, 0.2) is 24.3 Å². The largest absolute Gasteiger partial charge is 0.480 e. The molecule has 9 heteroatoms. The molecule has 1 aromatic carbocycles. The quantitative estimate of drug-likeness (QED) is 0.203. The van der Waals surface area contributed by atoms with Crippen molar-refractivity contribution in [2.75, 3.05) is 6.54 Å². The van der Waals surface area contributed by atoms with E-state index >= 15 is 0 Å². The van der Waals surface area contributed by atoms with Gasteiger partial charge in [0.25, 0.3) is 0 Å². The van der Waals surface area contributed by atoms with Crippen molar-refractivity contribution < 1.29 is 19.1 Å². The topological polar surface area (TPSA) is 154 Å². The first-order valence-corrected chi connectivity index (χ1v) is 7.40. The average molecular weight is 339 g/mol. The maximum absolute atomic E-state index is 12.9. The second-order valence-electron chi connectivity index (χ2n) is 5.32. The van der Waals surface area contributed by atoms with Gasteiger partial charge in [0.2, 0.25) is 5.91 Å². The Morgan fingerprint density at radius 2 is 1.92 bits per heavy atom. The molecular weight excluding hydrogens is 317 g/mol. The predicted octanol–water partition coefficient (Wildman–Crippen LogP) is -0.472. The summed E-state index contributed by atoms with van der Waals surface area (Å²) in [7, 11) is 0. The monoisotopic (exact) mass is 339 g/mol. The molecule has 8 N–H and O–H groups in total. The lowest BCUT2D eigenvalue weighted by Crippen LogP contribution is -2.49. The molecule has 0 heterocycles. The number of rotatable bonds is 9. The summed E-state index contributed by atoms with van der Waals surface area (Å²) < 4.78 is 12.9. The van der Waals surface area contributed by atoms with Gasteiger partial charge in [-0.3, -0.25) is 10.2 Å². The van der Waals surface area contributed by atoms with Gasteiger partial charge in [-0.15, -0.1) is 0 Å². The first-order chi connectivity index (χ1) is 11.3. The van der Waals surface area contributed by atoms with Crippen LogP contribution >= 0.6 is 0 Å². The number of carbonyl (C=O) groups is 2. The van der Waals surface area contributed by atoms with Crippen LogP contribution < -0.4 is 22.1 Å². The summed E-state index contributed by atoms with van der Waals surface area (Å²) in [5.74, 6) is -2.36. The molecule has 2 atom stereocenters. The van der Waals surface area contributed by atoms with Crippen LogP contribution in [0.2, 0.25) is 0 Å². The number of hydrogen-bond donors (Lipinski definition) is 6. The van der Waals surface area contributed by atoms with Crippen molar-refractivity contribution in [1.29, 1.82) is 5.41 Å². The summed E-state index contributed by atoms with van der Waals surface area (Å²) in [6, 6.07) is 3.36. The van der Waals surface area contributed by atoms with E-state index in [9.17, 15) is 19.1 Å². The highest BCUT2D eigenvalue weighted by Gasteiger charge is 2.23. The highest BCUT2D eigenvalue weighted by Crippen LogP contribution is 2.07. The van der Waals surface area contributed by atoms with E-state index < -0.39 is 29.8 Å². The number of nitrogens with two attached hydrogens (primary N) is 2. The smallest absolute Gasteiger partial charge is 0.326 e. The van der Waals surface area contributed by atoms with Gasteiger partial charge in [-0.1, -0.05) is 12.1 Å². The Morgan fingerprint density at radius 3 is 2.46 bits per heavy atom. The van der Waals surface area contributed by atoms with E-state index in [4.69, 9.17) is 16.9 Å². The van der Waals surface area contributed by atoms with Gasteiger partial charge < -0.3 is 27.2 Å². The van der Waals surface area contributed by atoms with Crippen LogP contribution in [-0.2, 0) is 16.0 Å². The second kappa shape index (κ2) is 9.46. The van der Waals surface area contributed by atoms with Gasteiger partial charge in [0.15, 0.2) is 5.96 Å². The number of halogens is 1. The van der Waals surface area contributed by atoms with Crippen molar-refractivity contribution in [2.45, 2.75) is 31.3 Å². The molecule has 0 aliphatic carbocycles. The van der Waals surface area contributed by atoms with E-state index in [2.05, 4.69) is 10.6 Å². The molecule has 1 amide bonds. The van der Waals surface area contributed by atoms with Gasteiger partial charge in [-0.05, 0) is 30.5 Å². The van der Waals surface area contributed by atoms with Crippen molar-refractivity contribution in [1.82, 2.24) is 10.6 Å². The number of hydrogen-bond acceptors (Lipinski definition) is 4. The van der Waals surface area contributed by atoms with Crippen molar-refractivity contribution in [2.24, 2.45) is 11.5 Å². The Balaban J connectivity index is 2.51. The SMILES string of the molecule is N=C(N)NCCC[C@H](N)C(=O)NC(Cc1ccc(F)cc1)C(=O)O. The Hall–Kier alpha value is -2.68. The molecule has 0 saturated heterocycles. The summed E-state index contributed by atoms with van der Waals surface area (Å²) in [6.07, 6.45) is 0.846. The highest BCUT2D eigenvalue weighted by atomic mass is 19.1. The molecule has 24 heavy (non-hydrogen) atoms. The fraction of sp³-hybridized carbons (Fsp3) is 0.400. The Labute approximate surface area is 138 Å². The number of nitrogens with one attached hydrogen (secondary N) is 3. The molecule has 1 rings (SSSR count). The summed E-state index contributed by atoms with van der Waals surface area (Å²) in [6.45, 7) is 0.397. The van der Waals surface area contributed by atoms with E-state index in [0.29, 0.717) is 24.9 Å². The van der Waals surface area contributed by atoms with Crippen LogP contribution in [0.5, 0.6) is 0 Å². The highest BCUT2D eigenvalue weighted by molar-refractivity contribution is 5.86. The fourth-order valence-electron chi connectivity index (χ4n) is 2.01. The van der Waals surface area contributed by atoms with Crippen molar-refractivity contribution in [3.63, 3.8) is 0 Å².